The van der Waals surface area contributed by atoms with Gasteiger partial charge in [-0.05, 0) is 198 Å². The normalized spacial score (nSPS) is 13.0. The van der Waals surface area contributed by atoms with Crippen molar-refractivity contribution in [2.75, 3.05) is 0 Å². The predicted molar refractivity (Wildman–Crippen MR) is 292 cm³/mol. The maximum Gasteiger partial charge on any atom is 0.0850 e. The molecule has 0 spiro atoms. The zero-order valence-corrected chi connectivity index (χ0v) is 41.6. The molecule has 4 aliphatic heterocycles. The van der Waals surface area contributed by atoms with E-state index in [1.807, 2.05) is 60.7 Å². The highest BCUT2D eigenvalue weighted by atomic mass is 16.3. The van der Waals surface area contributed by atoms with E-state index < -0.39 is 0 Å². The molecule has 9 heteroatoms. The van der Waals surface area contributed by atoms with Crippen molar-refractivity contribution >= 4 is 90.7 Å². The summed E-state index contributed by atoms with van der Waals surface area (Å²) in [5.74, 6) is 13.7. The number of hydrogen-bond acceptors (Lipinski definition) is 5. The number of aliphatic hydroxyl groups is 1. The molecule has 0 radical (unpaired) electrons. The van der Waals surface area contributed by atoms with E-state index in [1.165, 1.54) is 44.5 Å². The first-order chi connectivity index (χ1) is 34.2. The highest BCUT2D eigenvalue weighted by molar-refractivity contribution is 5.98. The van der Waals surface area contributed by atoms with Gasteiger partial charge >= 0.3 is 0 Å². The molecule has 10 rings (SSSR count). The van der Waals surface area contributed by atoms with Crippen LogP contribution in [0.5, 0.6) is 0 Å². The maximum absolute atomic E-state index is 10.4. The third-order valence-corrected chi connectivity index (χ3v) is 14.2. The van der Waals surface area contributed by atoms with Gasteiger partial charge in [0, 0.05) is 44.2 Å². The Balaban J connectivity index is 1.26. The molecule has 6 aromatic heterocycles. The lowest BCUT2D eigenvalue weighted by atomic mass is 9.95. The first-order valence-electron chi connectivity index (χ1n) is 25.2. The lowest BCUT2D eigenvalue weighted by Crippen LogP contribution is -1.93. The SMILES string of the molecule is CCC1=C(CC)c2cc3[nH]c(cc4[nH]c(c(C#CC#Cc5c6nc(cc7ccc([nH]7)c(CO)c7ccc(cc8nc5C=C8)[nH]7)C=C6)c5nc(cc1n2)C(CC)=C5CC)c(CC)c4CC)c(CC)c3CC. The Labute approximate surface area is 410 Å². The smallest absolute Gasteiger partial charge is 0.0850 e. The summed E-state index contributed by atoms with van der Waals surface area (Å²) in [6, 6.07) is 18.8. The molecule has 70 heavy (non-hydrogen) atoms. The maximum atomic E-state index is 10.4. The van der Waals surface area contributed by atoms with Gasteiger partial charge in [0.05, 0.1) is 68.8 Å². The molecule has 0 atom stereocenters. The number of H-pyrrole nitrogens is 4. The van der Waals surface area contributed by atoms with Gasteiger partial charge in [0.15, 0.2) is 0 Å². The quantitative estimate of drug-likeness (QED) is 0.0919. The van der Waals surface area contributed by atoms with Crippen LogP contribution in [-0.4, -0.2) is 45.0 Å². The van der Waals surface area contributed by atoms with Crippen LogP contribution in [-0.2, 0) is 32.3 Å². The Morgan fingerprint density at radius 3 is 1.44 bits per heavy atom. The fourth-order valence-corrected chi connectivity index (χ4v) is 10.9. The van der Waals surface area contributed by atoms with Crippen molar-refractivity contribution < 1.29 is 5.11 Å². The molecule has 6 aromatic rings. The van der Waals surface area contributed by atoms with Crippen molar-refractivity contribution in [2.24, 2.45) is 0 Å². The minimum atomic E-state index is -0.121. The van der Waals surface area contributed by atoms with E-state index in [-0.39, 0.29) is 6.61 Å². The first kappa shape index (κ1) is 46.0. The Bertz CT molecular complexity index is 3660. The predicted octanol–water partition coefficient (Wildman–Crippen LogP) is 13.9. The van der Waals surface area contributed by atoms with Crippen LogP contribution >= 0.6 is 0 Å². The van der Waals surface area contributed by atoms with E-state index in [0.717, 1.165) is 141 Å². The van der Waals surface area contributed by atoms with Gasteiger partial charge < -0.3 is 25.0 Å². The Hall–Kier alpha value is -7.72. The van der Waals surface area contributed by atoms with Gasteiger partial charge in [-0.15, -0.1) is 0 Å². The molecule has 0 aromatic carbocycles. The van der Waals surface area contributed by atoms with Crippen LogP contribution in [0.2, 0.25) is 0 Å². The zero-order valence-electron chi connectivity index (χ0n) is 41.6. The molecule has 350 valence electrons. The van der Waals surface area contributed by atoms with Gasteiger partial charge in [-0.2, -0.15) is 0 Å². The second kappa shape index (κ2) is 19.3. The van der Waals surface area contributed by atoms with Crippen LogP contribution in [0.1, 0.15) is 166 Å². The van der Waals surface area contributed by atoms with Crippen LogP contribution in [0.4, 0.5) is 0 Å². The third-order valence-electron chi connectivity index (χ3n) is 14.2. The molecule has 0 unspecified atom stereocenters. The highest BCUT2D eigenvalue weighted by Crippen LogP contribution is 2.41. The minimum Gasteiger partial charge on any atom is -0.392 e. The summed E-state index contributed by atoms with van der Waals surface area (Å²) in [6.45, 7) is 17.8. The average molecular weight is 921 g/mol. The first-order valence-corrected chi connectivity index (χ1v) is 25.2. The van der Waals surface area contributed by atoms with Gasteiger partial charge in [0.2, 0.25) is 0 Å². The van der Waals surface area contributed by atoms with Crippen molar-refractivity contribution in [1.29, 1.82) is 0 Å². The molecule has 0 amide bonds. The second-order valence-electron chi connectivity index (χ2n) is 18.0. The minimum absolute atomic E-state index is 0.121. The van der Waals surface area contributed by atoms with E-state index in [0.29, 0.717) is 17.0 Å². The second-order valence-corrected chi connectivity index (χ2v) is 18.0. The number of aryl methyl sites for hydroxylation is 4. The Kier molecular flexibility index (Phi) is 12.7. The van der Waals surface area contributed by atoms with Gasteiger partial charge in [0.25, 0.3) is 0 Å². The summed E-state index contributed by atoms with van der Waals surface area (Å²) in [7, 11) is 0. The molecule has 0 aliphatic carbocycles. The number of fused-ring (bicyclic) bond motifs is 16. The van der Waals surface area contributed by atoms with E-state index in [4.69, 9.17) is 19.9 Å². The van der Waals surface area contributed by atoms with Crippen molar-refractivity contribution in [1.82, 2.24) is 39.9 Å². The van der Waals surface area contributed by atoms with Gasteiger partial charge in [-0.1, -0.05) is 55.4 Å². The summed E-state index contributed by atoms with van der Waals surface area (Å²) in [4.78, 5) is 35.8. The van der Waals surface area contributed by atoms with E-state index in [1.54, 1.807) is 0 Å². The van der Waals surface area contributed by atoms with Crippen LogP contribution in [0.3, 0.4) is 0 Å². The topological polar surface area (TPSA) is 135 Å². The molecule has 0 fully saturated rings. The number of nitrogens with one attached hydrogen (secondary N) is 4. The van der Waals surface area contributed by atoms with Gasteiger partial charge in [-0.3, -0.25) is 0 Å². The number of aliphatic hydroxyl groups excluding tert-OH is 1. The highest BCUT2D eigenvalue weighted by Gasteiger charge is 2.25. The van der Waals surface area contributed by atoms with Crippen LogP contribution < -0.4 is 0 Å². The van der Waals surface area contributed by atoms with Crippen LogP contribution in [0, 0.1) is 23.7 Å². The van der Waals surface area contributed by atoms with Gasteiger partial charge in [-0.25, -0.2) is 19.9 Å². The summed E-state index contributed by atoms with van der Waals surface area (Å²) in [6.07, 6.45) is 14.9. The molecular weight excluding hydrogens is 861 g/mol. The fraction of sp³-hybridized carbons (Fsp3) is 0.279. The summed E-state index contributed by atoms with van der Waals surface area (Å²) in [5, 5.41) is 10.4. The lowest BCUT2D eigenvalue weighted by Gasteiger charge is -2.06. The monoisotopic (exact) mass is 920 g/mol. The average Bonchev–Trinajstić information content (AvgIpc) is 4.24. The number of aromatic nitrogens is 8. The van der Waals surface area contributed by atoms with Crippen molar-refractivity contribution in [2.45, 2.75) is 113 Å². The van der Waals surface area contributed by atoms with E-state index in [9.17, 15) is 5.11 Å². The summed E-state index contributed by atoms with van der Waals surface area (Å²) in [5.41, 5.74) is 27.1. The van der Waals surface area contributed by atoms with Crippen molar-refractivity contribution in [3.63, 3.8) is 0 Å². The molecule has 5 N–H and O–H groups in total. The molecule has 0 saturated carbocycles. The Morgan fingerprint density at radius 1 is 0.414 bits per heavy atom. The van der Waals surface area contributed by atoms with E-state index in [2.05, 4.69) is 117 Å². The molecule has 9 nitrogen and oxygen atoms in total. The van der Waals surface area contributed by atoms with Crippen molar-refractivity contribution in [3.8, 4) is 23.7 Å². The molecule has 16 bridgehead atoms. The lowest BCUT2D eigenvalue weighted by molar-refractivity contribution is 0.284. The number of allylic oxidation sites excluding steroid dienone is 4. The molecule has 4 aliphatic rings. The standard InChI is InChI=1S/C61H60N8O/c1-9-39-41(11-3)56-32-58-43(13-5)45(15-7)60(68-58)48(61-46(16-8)44(14-6)59(69-61)33-57-42(12-4)40(10-2)55(67-57)31-54(39)66-56)20-18-17-19-47-50-25-21-35(62-50)29-37-23-27-52(64-37)49(34-70)53-28-24-38(65-53)30-36-22-26-51(47)63-36/h21-33,64-66,68,70H,9-16,34H2,1-8H3. The largest absolute Gasteiger partial charge is 0.392 e. The van der Waals surface area contributed by atoms with Crippen molar-refractivity contribution in [3.05, 3.63) is 139 Å². The summed E-state index contributed by atoms with van der Waals surface area (Å²) >= 11 is 0. The van der Waals surface area contributed by atoms with Crippen LogP contribution in [0.15, 0.2) is 54.6 Å². The number of aromatic amines is 4. The molecule has 0 saturated heterocycles. The Morgan fingerprint density at radius 2 is 0.900 bits per heavy atom. The third kappa shape index (κ3) is 8.14. The number of rotatable bonds is 9. The van der Waals surface area contributed by atoms with Gasteiger partial charge in [0.1, 0.15) is 0 Å². The number of hydrogen-bond donors (Lipinski definition) is 5. The van der Waals surface area contributed by atoms with E-state index >= 15 is 0 Å². The van der Waals surface area contributed by atoms with Crippen LogP contribution in [0.25, 0.3) is 90.7 Å². The molecule has 10 heterocycles. The molecular formula is C61H60N8O. The number of nitrogens with zero attached hydrogens (tertiary/aromatic N) is 4. The zero-order chi connectivity index (χ0) is 48.6. The fourth-order valence-electron chi connectivity index (χ4n) is 10.9. The summed E-state index contributed by atoms with van der Waals surface area (Å²) < 4.78 is 0.